The minimum Gasteiger partial charge on any atom is -0.381 e. The summed E-state index contributed by atoms with van der Waals surface area (Å²) in [6.45, 7) is 11.3. The predicted molar refractivity (Wildman–Crippen MR) is 232 cm³/mol. The van der Waals surface area contributed by atoms with Gasteiger partial charge in [-0.05, 0) is 136 Å². The molecule has 0 spiro atoms. The maximum absolute atomic E-state index is 15.5. The Morgan fingerprint density at radius 2 is 1.71 bits per heavy atom. The van der Waals surface area contributed by atoms with Crippen LogP contribution in [0.15, 0.2) is 71.8 Å². The van der Waals surface area contributed by atoms with Gasteiger partial charge < -0.3 is 19.0 Å². The average molecular weight is 856 g/mol. The molecule has 11 rings (SSSR count). The van der Waals surface area contributed by atoms with Crippen LogP contribution < -0.4 is 16.5 Å². The van der Waals surface area contributed by atoms with E-state index in [9.17, 15) is 9.59 Å². The summed E-state index contributed by atoms with van der Waals surface area (Å²) in [5.41, 5.74) is 9.17. The van der Waals surface area contributed by atoms with Gasteiger partial charge in [0, 0.05) is 60.4 Å². The van der Waals surface area contributed by atoms with Crippen molar-refractivity contribution in [1.82, 2.24) is 43.6 Å². The molecule has 62 heavy (non-hydrogen) atoms. The van der Waals surface area contributed by atoms with Crippen LogP contribution in [0.2, 0.25) is 0 Å². The lowest BCUT2D eigenvalue weighted by atomic mass is 9.91. The maximum atomic E-state index is 15.5. The number of benzene rings is 3. The van der Waals surface area contributed by atoms with Gasteiger partial charge in [0.15, 0.2) is 0 Å². The fourth-order valence-electron chi connectivity index (χ4n) is 10.4. The summed E-state index contributed by atoms with van der Waals surface area (Å²) in [4.78, 5) is 49.7. The van der Waals surface area contributed by atoms with Crippen molar-refractivity contribution in [1.29, 1.82) is 0 Å². The van der Waals surface area contributed by atoms with E-state index >= 15 is 9.18 Å². The molecule has 2 saturated heterocycles. The van der Waals surface area contributed by atoms with Crippen LogP contribution >= 0.6 is 11.5 Å². The first kappa shape index (κ1) is 38.8. The molecule has 3 aromatic carbocycles. The summed E-state index contributed by atoms with van der Waals surface area (Å²) >= 11 is 1.39. The lowest BCUT2D eigenvalue weighted by molar-refractivity contribution is 0.0653. The molecule has 4 aliphatic rings. The molecule has 318 valence electrons. The van der Waals surface area contributed by atoms with Crippen molar-refractivity contribution in [3.05, 3.63) is 123 Å². The van der Waals surface area contributed by atoms with Crippen molar-refractivity contribution in [3.63, 3.8) is 0 Å². The van der Waals surface area contributed by atoms with E-state index in [1.807, 2.05) is 43.0 Å². The van der Waals surface area contributed by atoms with Crippen molar-refractivity contribution < 1.29 is 23.6 Å². The number of aromatic nitrogens is 6. The summed E-state index contributed by atoms with van der Waals surface area (Å²) < 4.78 is 33.2. The molecule has 7 aromatic rings. The molecule has 3 aliphatic heterocycles. The molecule has 14 nitrogen and oxygen atoms in total. The second-order valence-electron chi connectivity index (χ2n) is 17.4. The summed E-state index contributed by atoms with van der Waals surface area (Å²) in [7, 11) is 0. The maximum Gasteiger partial charge on any atom is 0.427 e. The summed E-state index contributed by atoms with van der Waals surface area (Å²) in [6.07, 6.45) is 5.35. The number of rotatable bonds is 7. The lowest BCUT2D eigenvalue weighted by Crippen LogP contribution is -2.49. The van der Waals surface area contributed by atoms with E-state index in [0.717, 1.165) is 50.8 Å². The second-order valence-corrected chi connectivity index (χ2v) is 18.2. The number of carbonyl (C=O) groups excluding carboxylic acids is 2. The normalized spacial score (nSPS) is 22.6. The fourth-order valence-corrected chi connectivity index (χ4v) is 11.2. The Labute approximate surface area is 360 Å². The SMILES string of the molecule is Cc1cc(-n2nc3c(c2-n2ccn(-c4ccc5c(C)nsc5c4)c2=O)[C@H](C)N(C(=O)c2cc4cc(C5CCOCC5)ccc4n2[C@@]2(C4NOC(=O)N4)C[C@@H]2C)CC3)cc(C)c1F. The number of nitrogens with one attached hydrogen (secondary N) is 2. The Bertz CT molecular complexity index is 3040. The number of nitrogens with zero attached hydrogens (tertiary/aromatic N) is 7. The van der Waals surface area contributed by atoms with Gasteiger partial charge in [-0.2, -0.15) is 9.47 Å². The Kier molecular flexibility index (Phi) is 8.90. The lowest BCUT2D eigenvalue weighted by Gasteiger charge is -2.35. The number of hydrogen-bond donors (Lipinski definition) is 2. The van der Waals surface area contributed by atoms with Gasteiger partial charge in [0.2, 0.25) is 0 Å². The highest BCUT2D eigenvalue weighted by atomic mass is 32.1. The van der Waals surface area contributed by atoms with Crippen LogP contribution in [0, 0.1) is 32.5 Å². The fraction of sp³-hybridized carbons (Fsp3) is 0.370. The van der Waals surface area contributed by atoms with Gasteiger partial charge in [-0.3, -0.25) is 19.2 Å². The van der Waals surface area contributed by atoms with Crippen molar-refractivity contribution in [3.8, 4) is 17.2 Å². The smallest absolute Gasteiger partial charge is 0.381 e. The van der Waals surface area contributed by atoms with E-state index in [0.29, 0.717) is 72.5 Å². The van der Waals surface area contributed by atoms with Crippen LogP contribution in [0.5, 0.6) is 0 Å². The van der Waals surface area contributed by atoms with E-state index in [1.165, 1.54) is 17.1 Å². The number of hydroxylamine groups is 1. The second kappa shape index (κ2) is 14.2. The zero-order chi connectivity index (χ0) is 42.8. The molecule has 7 heterocycles. The molecule has 0 radical (unpaired) electrons. The number of ether oxygens (including phenoxy) is 1. The Balaban J connectivity index is 1.05. The van der Waals surface area contributed by atoms with Crippen molar-refractivity contribution in [2.75, 3.05) is 19.8 Å². The van der Waals surface area contributed by atoms with E-state index in [2.05, 4.69) is 44.9 Å². The number of aryl methyl sites for hydroxylation is 3. The number of halogens is 1. The quantitative estimate of drug-likeness (QED) is 0.169. The largest absolute Gasteiger partial charge is 0.427 e. The van der Waals surface area contributed by atoms with Crippen LogP contribution in [-0.4, -0.2) is 70.7 Å². The third-order valence-electron chi connectivity index (χ3n) is 13.8. The minimum atomic E-state index is -0.672. The molecule has 1 unspecified atom stereocenters. The van der Waals surface area contributed by atoms with Crippen molar-refractivity contribution in [2.24, 2.45) is 5.92 Å². The van der Waals surface area contributed by atoms with Crippen LogP contribution in [0.4, 0.5) is 9.18 Å². The highest BCUT2D eigenvalue weighted by molar-refractivity contribution is 7.13. The van der Waals surface area contributed by atoms with E-state index in [-0.39, 0.29) is 23.3 Å². The molecular weight excluding hydrogens is 810 g/mol. The first-order valence-electron chi connectivity index (χ1n) is 21.3. The molecular formula is C46H46FN9O5S. The standard InChI is InChI=1S/C46H46FN9O5S/c1-24-18-33(19-25(2)40(24)47)56-41(54-15-14-53(45(54)59)32-7-8-34-27(4)51-62-38(34)22-32)39-28(5)52(13-10-35(39)49-56)42(57)37-21-31-20-30(29-11-16-60-17-12-29)6-9-36(31)55(37)46(23-26(46)3)43-48-44(58)61-50-43/h6-9,14-15,18-22,26,28-29,43,50H,10-13,16-17,23H2,1-5H3,(H,48,58)/t26-,28-,43?,46-/m0/s1. The third-order valence-corrected chi connectivity index (χ3v) is 14.7. The van der Waals surface area contributed by atoms with Gasteiger partial charge in [-0.25, -0.2) is 18.7 Å². The van der Waals surface area contributed by atoms with E-state index < -0.39 is 23.8 Å². The minimum absolute atomic E-state index is 0.105. The Morgan fingerprint density at radius 1 is 0.952 bits per heavy atom. The molecule has 1 aliphatic carbocycles. The monoisotopic (exact) mass is 855 g/mol. The molecule has 4 atom stereocenters. The summed E-state index contributed by atoms with van der Waals surface area (Å²) in [5.74, 6) is 0.467. The van der Waals surface area contributed by atoms with Crippen LogP contribution in [0.25, 0.3) is 38.2 Å². The predicted octanol–water partition coefficient (Wildman–Crippen LogP) is 7.40. The Morgan fingerprint density at radius 3 is 2.44 bits per heavy atom. The molecule has 0 bridgehead atoms. The Hall–Kier alpha value is -6.10. The van der Waals surface area contributed by atoms with Gasteiger partial charge in [0.1, 0.15) is 23.5 Å². The van der Waals surface area contributed by atoms with Crippen LogP contribution in [-0.2, 0) is 21.5 Å². The van der Waals surface area contributed by atoms with Gasteiger partial charge in [0.05, 0.1) is 39.0 Å². The van der Waals surface area contributed by atoms with E-state index in [1.54, 1.807) is 52.2 Å². The number of hydrogen-bond acceptors (Lipinski definition) is 9. The number of imidazole rings is 1. The zero-order valence-electron chi connectivity index (χ0n) is 35.1. The van der Waals surface area contributed by atoms with Gasteiger partial charge in [-0.1, -0.05) is 13.0 Å². The molecule has 2 amide bonds. The topological polar surface area (TPSA) is 142 Å². The van der Waals surface area contributed by atoms with Crippen LogP contribution in [0.1, 0.15) is 89.2 Å². The summed E-state index contributed by atoms with van der Waals surface area (Å²) in [5, 5.41) is 10.1. The van der Waals surface area contributed by atoms with Gasteiger partial charge in [-0.15, -0.1) is 5.48 Å². The first-order valence-corrected chi connectivity index (χ1v) is 22.0. The average Bonchev–Trinajstić information content (AvgIpc) is 3.90. The molecule has 2 N–H and O–H groups in total. The molecule has 4 aromatic heterocycles. The number of carbonyl (C=O) groups is 2. The molecule has 16 heteroatoms. The van der Waals surface area contributed by atoms with Gasteiger partial charge >= 0.3 is 11.8 Å². The number of fused-ring (bicyclic) bond motifs is 3. The van der Waals surface area contributed by atoms with Crippen molar-refractivity contribution >= 4 is 44.5 Å². The first-order chi connectivity index (χ1) is 29.9. The van der Waals surface area contributed by atoms with Crippen molar-refractivity contribution in [2.45, 2.75) is 84.0 Å². The third kappa shape index (κ3) is 5.83. The van der Waals surface area contributed by atoms with E-state index in [4.69, 9.17) is 14.7 Å². The number of amides is 2. The highest BCUT2D eigenvalue weighted by Gasteiger charge is 2.62. The molecule has 3 fully saturated rings. The molecule has 1 saturated carbocycles. The zero-order valence-corrected chi connectivity index (χ0v) is 35.9. The van der Waals surface area contributed by atoms with Gasteiger partial charge in [0.25, 0.3) is 5.91 Å². The van der Waals surface area contributed by atoms with Crippen LogP contribution in [0.3, 0.4) is 0 Å². The summed E-state index contributed by atoms with van der Waals surface area (Å²) in [6, 6.07) is 17.3. The highest BCUT2D eigenvalue weighted by Crippen LogP contribution is 2.55.